The standard InChI is InChI=1S/C18H22F3N5O/c1-25(2)16-4-8-23-17(24-16)26-9-5-13(6-10-26)12-27-14-3-7-22-15(11-14)18(19,20)21/h3-4,7-8,11,13H,5-6,9-10,12H2,1-2H3. The first kappa shape index (κ1) is 19.2. The first-order valence-corrected chi connectivity index (χ1v) is 8.74. The van der Waals surface area contributed by atoms with Gasteiger partial charge in [0.05, 0.1) is 6.61 Å². The molecule has 0 amide bonds. The van der Waals surface area contributed by atoms with Crippen LogP contribution < -0.4 is 14.5 Å². The highest BCUT2D eigenvalue weighted by molar-refractivity contribution is 5.42. The third-order valence-electron chi connectivity index (χ3n) is 4.49. The predicted octanol–water partition coefficient (Wildman–Crippen LogP) is 3.25. The average molecular weight is 381 g/mol. The molecule has 0 atom stereocenters. The molecule has 9 heteroatoms. The largest absolute Gasteiger partial charge is 0.493 e. The van der Waals surface area contributed by atoms with Gasteiger partial charge >= 0.3 is 6.18 Å². The van der Waals surface area contributed by atoms with Crippen molar-refractivity contribution in [1.82, 2.24) is 15.0 Å². The lowest BCUT2D eigenvalue weighted by atomic mass is 9.98. The van der Waals surface area contributed by atoms with Crippen LogP contribution in [0.2, 0.25) is 0 Å². The maximum absolute atomic E-state index is 12.7. The van der Waals surface area contributed by atoms with Crippen LogP contribution in [0.25, 0.3) is 0 Å². The Labute approximate surface area is 156 Å². The number of rotatable bonds is 5. The van der Waals surface area contributed by atoms with Gasteiger partial charge in [-0.25, -0.2) is 4.98 Å². The summed E-state index contributed by atoms with van der Waals surface area (Å²) in [6.07, 6.45) is 0.135. The highest BCUT2D eigenvalue weighted by atomic mass is 19.4. The maximum atomic E-state index is 12.7. The third kappa shape index (κ3) is 4.99. The summed E-state index contributed by atoms with van der Waals surface area (Å²) in [5, 5.41) is 0. The summed E-state index contributed by atoms with van der Waals surface area (Å²) in [5.41, 5.74) is -0.937. The van der Waals surface area contributed by atoms with Crippen molar-refractivity contribution in [3.8, 4) is 5.75 Å². The molecule has 3 heterocycles. The second kappa shape index (κ2) is 7.98. The molecule has 2 aromatic rings. The molecule has 1 aliphatic rings. The van der Waals surface area contributed by atoms with Crippen LogP contribution >= 0.6 is 0 Å². The van der Waals surface area contributed by atoms with E-state index in [1.54, 1.807) is 6.20 Å². The van der Waals surface area contributed by atoms with Crippen LogP contribution in [0.5, 0.6) is 5.75 Å². The van der Waals surface area contributed by atoms with E-state index in [9.17, 15) is 13.2 Å². The summed E-state index contributed by atoms with van der Waals surface area (Å²) < 4.78 is 43.7. The Bertz CT molecular complexity index is 761. The molecule has 3 rings (SSSR count). The molecule has 0 spiro atoms. The van der Waals surface area contributed by atoms with Crippen molar-refractivity contribution in [2.45, 2.75) is 19.0 Å². The third-order valence-corrected chi connectivity index (χ3v) is 4.49. The van der Waals surface area contributed by atoms with Gasteiger partial charge in [0.15, 0.2) is 0 Å². The molecule has 146 valence electrons. The van der Waals surface area contributed by atoms with E-state index in [1.165, 1.54) is 6.07 Å². The zero-order valence-corrected chi connectivity index (χ0v) is 15.3. The number of hydrogen-bond donors (Lipinski definition) is 0. The van der Waals surface area contributed by atoms with Gasteiger partial charge in [-0.1, -0.05) is 0 Å². The van der Waals surface area contributed by atoms with E-state index < -0.39 is 11.9 Å². The van der Waals surface area contributed by atoms with E-state index in [1.807, 2.05) is 25.1 Å². The molecule has 0 saturated carbocycles. The average Bonchev–Trinajstić information content (AvgIpc) is 2.66. The van der Waals surface area contributed by atoms with Crippen LogP contribution in [-0.4, -0.2) is 48.7 Å². The molecule has 0 aliphatic carbocycles. The van der Waals surface area contributed by atoms with Crippen LogP contribution in [0, 0.1) is 5.92 Å². The molecule has 1 fully saturated rings. The molecule has 1 saturated heterocycles. The second-order valence-electron chi connectivity index (χ2n) is 6.73. The van der Waals surface area contributed by atoms with Crippen molar-refractivity contribution in [3.05, 3.63) is 36.3 Å². The van der Waals surface area contributed by atoms with E-state index in [2.05, 4.69) is 19.9 Å². The fraction of sp³-hybridized carbons (Fsp3) is 0.500. The van der Waals surface area contributed by atoms with Gasteiger partial charge in [0.2, 0.25) is 5.95 Å². The van der Waals surface area contributed by atoms with Crippen molar-refractivity contribution in [2.75, 3.05) is 43.6 Å². The van der Waals surface area contributed by atoms with E-state index in [4.69, 9.17) is 4.74 Å². The number of hydrogen-bond acceptors (Lipinski definition) is 6. The van der Waals surface area contributed by atoms with Crippen molar-refractivity contribution >= 4 is 11.8 Å². The minimum Gasteiger partial charge on any atom is -0.493 e. The molecule has 2 aromatic heterocycles. The minimum atomic E-state index is -4.47. The van der Waals surface area contributed by atoms with Gasteiger partial charge in [-0.05, 0) is 30.9 Å². The lowest BCUT2D eigenvalue weighted by molar-refractivity contribution is -0.141. The Morgan fingerprint density at radius 2 is 1.85 bits per heavy atom. The summed E-state index contributed by atoms with van der Waals surface area (Å²) in [7, 11) is 3.86. The first-order valence-electron chi connectivity index (χ1n) is 8.74. The fourth-order valence-electron chi connectivity index (χ4n) is 2.91. The quantitative estimate of drug-likeness (QED) is 0.793. The number of piperidine rings is 1. The fourth-order valence-corrected chi connectivity index (χ4v) is 2.91. The number of anilines is 2. The Hall–Kier alpha value is -2.58. The summed E-state index contributed by atoms with van der Waals surface area (Å²) in [4.78, 5) is 16.3. The molecule has 0 bridgehead atoms. The molecule has 1 aliphatic heterocycles. The Morgan fingerprint density at radius 1 is 1.15 bits per heavy atom. The zero-order valence-electron chi connectivity index (χ0n) is 15.3. The molecule has 6 nitrogen and oxygen atoms in total. The highest BCUT2D eigenvalue weighted by Crippen LogP contribution is 2.30. The lowest BCUT2D eigenvalue weighted by Crippen LogP contribution is -2.36. The van der Waals surface area contributed by atoms with Gasteiger partial charge in [-0.15, -0.1) is 0 Å². The van der Waals surface area contributed by atoms with Gasteiger partial charge in [-0.3, -0.25) is 4.98 Å². The van der Waals surface area contributed by atoms with Crippen LogP contribution in [0.3, 0.4) is 0 Å². The van der Waals surface area contributed by atoms with Crippen LogP contribution in [0.1, 0.15) is 18.5 Å². The summed E-state index contributed by atoms with van der Waals surface area (Å²) in [5.74, 6) is 2.02. The first-order chi connectivity index (χ1) is 12.8. The smallest absolute Gasteiger partial charge is 0.433 e. The Kier molecular flexibility index (Phi) is 5.67. The number of pyridine rings is 1. The number of ether oxygens (including phenoxy) is 1. The Morgan fingerprint density at radius 3 is 2.52 bits per heavy atom. The second-order valence-corrected chi connectivity index (χ2v) is 6.73. The normalized spacial score (nSPS) is 15.7. The Balaban J connectivity index is 1.52. The van der Waals surface area contributed by atoms with Gasteiger partial charge in [-0.2, -0.15) is 18.2 Å². The topological polar surface area (TPSA) is 54.4 Å². The molecule has 27 heavy (non-hydrogen) atoms. The maximum Gasteiger partial charge on any atom is 0.433 e. The number of halogens is 3. The lowest BCUT2D eigenvalue weighted by Gasteiger charge is -2.32. The van der Waals surface area contributed by atoms with Gasteiger partial charge in [0.25, 0.3) is 0 Å². The van der Waals surface area contributed by atoms with Crippen LogP contribution in [-0.2, 0) is 6.18 Å². The number of aromatic nitrogens is 3. The van der Waals surface area contributed by atoms with Crippen LogP contribution in [0.4, 0.5) is 24.9 Å². The summed E-state index contributed by atoms with van der Waals surface area (Å²) in [6.45, 7) is 1.96. The number of alkyl halides is 3. The van der Waals surface area contributed by atoms with E-state index in [-0.39, 0.29) is 11.7 Å². The highest BCUT2D eigenvalue weighted by Gasteiger charge is 2.32. The molecular formula is C18H22F3N5O. The molecular weight excluding hydrogens is 359 g/mol. The van der Waals surface area contributed by atoms with Gasteiger partial charge in [0.1, 0.15) is 17.3 Å². The number of nitrogens with zero attached hydrogens (tertiary/aromatic N) is 5. The van der Waals surface area contributed by atoms with Crippen molar-refractivity contribution in [3.63, 3.8) is 0 Å². The van der Waals surface area contributed by atoms with Gasteiger partial charge < -0.3 is 14.5 Å². The van der Waals surface area contributed by atoms with E-state index in [0.717, 1.165) is 44.0 Å². The van der Waals surface area contributed by atoms with E-state index in [0.29, 0.717) is 12.6 Å². The zero-order chi connectivity index (χ0) is 19.4. The molecule has 0 aromatic carbocycles. The monoisotopic (exact) mass is 381 g/mol. The summed E-state index contributed by atoms with van der Waals surface area (Å²) in [6, 6.07) is 4.24. The minimum absolute atomic E-state index is 0.196. The van der Waals surface area contributed by atoms with Crippen molar-refractivity contribution in [1.29, 1.82) is 0 Å². The predicted molar refractivity (Wildman–Crippen MR) is 96.0 cm³/mol. The van der Waals surface area contributed by atoms with Gasteiger partial charge in [0, 0.05) is 45.6 Å². The van der Waals surface area contributed by atoms with Crippen molar-refractivity contribution in [2.24, 2.45) is 5.92 Å². The SMILES string of the molecule is CN(C)c1ccnc(N2CCC(COc3ccnc(C(F)(F)F)c3)CC2)n1. The molecule has 0 radical (unpaired) electrons. The summed E-state index contributed by atoms with van der Waals surface area (Å²) >= 11 is 0. The van der Waals surface area contributed by atoms with Crippen molar-refractivity contribution < 1.29 is 17.9 Å². The van der Waals surface area contributed by atoms with Crippen LogP contribution in [0.15, 0.2) is 30.6 Å². The molecule has 0 unspecified atom stereocenters. The molecule has 0 N–H and O–H groups in total. The van der Waals surface area contributed by atoms with E-state index >= 15 is 0 Å².